The van der Waals surface area contributed by atoms with Gasteiger partial charge in [-0.15, -0.1) is 0 Å². The van der Waals surface area contributed by atoms with Crippen LogP contribution < -0.4 is 0 Å². The Labute approximate surface area is 69.2 Å². The number of fused-ring (bicyclic) bond motifs is 1. The molecule has 0 radical (unpaired) electrons. The van der Waals surface area contributed by atoms with E-state index in [9.17, 15) is 0 Å². The molecule has 1 heterocycles. The minimum absolute atomic E-state index is 0.750. The molecule has 0 spiro atoms. The van der Waals surface area contributed by atoms with E-state index in [1.54, 1.807) is 11.5 Å². The van der Waals surface area contributed by atoms with Crippen molar-refractivity contribution >= 4 is 23.1 Å². The van der Waals surface area contributed by atoms with Crippen LogP contribution in [0, 0.1) is 0 Å². The summed E-state index contributed by atoms with van der Waals surface area (Å²) in [5.74, 6) is 0. The van der Waals surface area contributed by atoms with Gasteiger partial charge in [0.2, 0.25) is 0 Å². The van der Waals surface area contributed by atoms with Crippen LogP contribution in [-0.2, 0) is 12.8 Å². The van der Waals surface area contributed by atoms with E-state index in [1.165, 1.54) is 29.7 Å². The Kier molecular flexibility index (Phi) is 1.66. The van der Waals surface area contributed by atoms with E-state index in [0.29, 0.717) is 0 Å². The zero-order valence-corrected chi connectivity index (χ0v) is 7.13. The summed E-state index contributed by atoms with van der Waals surface area (Å²) in [5.41, 5.74) is 1.32. The molecule has 1 aromatic rings. The molecule has 0 saturated carbocycles. The van der Waals surface area contributed by atoms with E-state index in [-0.39, 0.29) is 0 Å². The standard InChI is InChI=1S/C7H8ClNS/c8-7-5-3-1-2-4-6(5)10-9-7/h1-4H2. The molecule has 0 amide bonds. The summed E-state index contributed by atoms with van der Waals surface area (Å²) >= 11 is 7.43. The fourth-order valence-corrected chi connectivity index (χ4v) is 2.56. The first-order valence-electron chi connectivity index (χ1n) is 3.51. The predicted molar refractivity (Wildman–Crippen MR) is 43.8 cm³/mol. The van der Waals surface area contributed by atoms with Crippen molar-refractivity contribution in [2.75, 3.05) is 0 Å². The fraction of sp³-hybridized carbons (Fsp3) is 0.571. The predicted octanol–water partition coefficient (Wildman–Crippen LogP) is 2.68. The molecular formula is C7H8ClNS. The summed E-state index contributed by atoms with van der Waals surface area (Å²) in [6, 6.07) is 0. The summed E-state index contributed by atoms with van der Waals surface area (Å²) in [7, 11) is 0. The van der Waals surface area contributed by atoms with Gasteiger partial charge in [0.25, 0.3) is 0 Å². The molecule has 1 aliphatic carbocycles. The zero-order valence-electron chi connectivity index (χ0n) is 5.56. The number of hydrogen-bond donors (Lipinski definition) is 0. The van der Waals surface area contributed by atoms with Crippen molar-refractivity contribution in [3.8, 4) is 0 Å². The third-order valence-corrected chi connectivity index (χ3v) is 3.26. The highest BCUT2D eigenvalue weighted by molar-refractivity contribution is 7.06. The van der Waals surface area contributed by atoms with Crippen molar-refractivity contribution in [1.82, 2.24) is 4.37 Å². The lowest BCUT2D eigenvalue weighted by atomic mass is 10.0. The highest BCUT2D eigenvalue weighted by Gasteiger charge is 2.14. The van der Waals surface area contributed by atoms with E-state index >= 15 is 0 Å². The van der Waals surface area contributed by atoms with E-state index in [2.05, 4.69) is 4.37 Å². The molecule has 0 unspecified atom stereocenters. The van der Waals surface area contributed by atoms with Gasteiger partial charge in [0, 0.05) is 10.4 Å². The van der Waals surface area contributed by atoms with Crippen LogP contribution in [0.4, 0.5) is 0 Å². The average Bonchev–Trinajstić information content (AvgIpc) is 2.34. The average molecular weight is 174 g/mol. The zero-order chi connectivity index (χ0) is 6.97. The topological polar surface area (TPSA) is 12.9 Å². The van der Waals surface area contributed by atoms with Gasteiger partial charge in [0.05, 0.1) is 0 Å². The fourth-order valence-electron chi connectivity index (χ4n) is 1.35. The molecule has 0 aliphatic heterocycles. The van der Waals surface area contributed by atoms with Gasteiger partial charge in [-0.3, -0.25) is 0 Å². The van der Waals surface area contributed by atoms with Crippen molar-refractivity contribution < 1.29 is 0 Å². The summed E-state index contributed by atoms with van der Waals surface area (Å²) in [5, 5.41) is 0.750. The van der Waals surface area contributed by atoms with Crippen LogP contribution in [0.15, 0.2) is 0 Å². The third-order valence-electron chi connectivity index (χ3n) is 1.90. The van der Waals surface area contributed by atoms with Gasteiger partial charge < -0.3 is 0 Å². The molecule has 0 fully saturated rings. The van der Waals surface area contributed by atoms with Crippen LogP contribution in [0.5, 0.6) is 0 Å². The molecule has 0 bridgehead atoms. The van der Waals surface area contributed by atoms with E-state index in [1.807, 2.05) is 0 Å². The molecule has 2 rings (SSSR count). The molecule has 10 heavy (non-hydrogen) atoms. The minimum atomic E-state index is 0.750. The summed E-state index contributed by atoms with van der Waals surface area (Å²) in [6.07, 6.45) is 4.93. The SMILES string of the molecule is Clc1nsc2c1CCCC2. The molecule has 1 aliphatic rings. The van der Waals surface area contributed by atoms with Gasteiger partial charge in [-0.2, -0.15) is 4.37 Å². The molecule has 54 valence electrons. The van der Waals surface area contributed by atoms with Gasteiger partial charge in [-0.1, -0.05) is 11.6 Å². The largest absolute Gasteiger partial charge is 0.180 e. The third kappa shape index (κ3) is 0.956. The van der Waals surface area contributed by atoms with Gasteiger partial charge in [-0.25, -0.2) is 0 Å². The summed E-state index contributed by atoms with van der Waals surface area (Å²) in [6.45, 7) is 0. The number of rotatable bonds is 0. The maximum Gasteiger partial charge on any atom is 0.146 e. The number of aryl methyl sites for hydroxylation is 1. The van der Waals surface area contributed by atoms with Crippen molar-refractivity contribution in [3.05, 3.63) is 15.6 Å². The Morgan fingerprint density at radius 3 is 2.90 bits per heavy atom. The molecular weight excluding hydrogens is 166 g/mol. The molecule has 0 aromatic carbocycles. The van der Waals surface area contributed by atoms with E-state index < -0.39 is 0 Å². The highest BCUT2D eigenvalue weighted by Crippen LogP contribution is 2.29. The first kappa shape index (κ1) is 6.62. The Morgan fingerprint density at radius 2 is 2.10 bits per heavy atom. The molecule has 1 nitrogen and oxygen atoms in total. The molecule has 0 saturated heterocycles. The number of nitrogens with zero attached hydrogens (tertiary/aromatic N) is 1. The normalized spacial score (nSPS) is 16.9. The van der Waals surface area contributed by atoms with Crippen LogP contribution in [0.3, 0.4) is 0 Å². The Hall–Kier alpha value is -0.0800. The van der Waals surface area contributed by atoms with Crippen LogP contribution >= 0.6 is 23.1 Å². The second-order valence-electron chi connectivity index (χ2n) is 2.58. The van der Waals surface area contributed by atoms with E-state index in [0.717, 1.165) is 11.6 Å². The van der Waals surface area contributed by atoms with Crippen LogP contribution in [0.2, 0.25) is 5.15 Å². The lowest BCUT2D eigenvalue weighted by Gasteiger charge is -2.08. The van der Waals surface area contributed by atoms with Gasteiger partial charge >= 0.3 is 0 Å². The number of aromatic nitrogens is 1. The maximum atomic E-state index is 5.86. The van der Waals surface area contributed by atoms with E-state index in [4.69, 9.17) is 11.6 Å². The van der Waals surface area contributed by atoms with Crippen molar-refractivity contribution in [1.29, 1.82) is 0 Å². The quantitative estimate of drug-likeness (QED) is 0.588. The van der Waals surface area contributed by atoms with Crippen LogP contribution in [-0.4, -0.2) is 4.37 Å². The van der Waals surface area contributed by atoms with Gasteiger partial charge in [0.1, 0.15) is 5.15 Å². The Balaban J connectivity index is 2.45. The molecule has 1 aromatic heterocycles. The molecule has 3 heteroatoms. The molecule has 0 N–H and O–H groups in total. The first-order chi connectivity index (χ1) is 4.88. The lowest BCUT2D eigenvalue weighted by Crippen LogP contribution is -1.97. The highest BCUT2D eigenvalue weighted by atomic mass is 35.5. The second kappa shape index (κ2) is 2.51. The van der Waals surface area contributed by atoms with Crippen molar-refractivity contribution in [3.63, 3.8) is 0 Å². The summed E-state index contributed by atoms with van der Waals surface area (Å²) < 4.78 is 4.11. The number of halogens is 1. The number of hydrogen-bond acceptors (Lipinski definition) is 2. The first-order valence-corrected chi connectivity index (χ1v) is 4.66. The van der Waals surface area contributed by atoms with Crippen LogP contribution in [0.1, 0.15) is 23.3 Å². The monoisotopic (exact) mass is 173 g/mol. The van der Waals surface area contributed by atoms with Gasteiger partial charge in [-0.05, 0) is 37.2 Å². The smallest absolute Gasteiger partial charge is 0.146 e. The van der Waals surface area contributed by atoms with Crippen molar-refractivity contribution in [2.45, 2.75) is 25.7 Å². The molecule has 0 atom stereocenters. The Morgan fingerprint density at radius 1 is 1.30 bits per heavy atom. The maximum absolute atomic E-state index is 5.86. The van der Waals surface area contributed by atoms with Crippen molar-refractivity contribution in [2.24, 2.45) is 0 Å². The second-order valence-corrected chi connectivity index (χ2v) is 3.80. The lowest BCUT2D eigenvalue weighted by molar-refractivity contribution is 0.697. The minimum Gasteiger partial charge on any atom is -0.180 e. The Bertz CT molecular complexity index is 244. The van der Waals surface area contributed by atoms with Gasteiger partial charge in [0.15, 0.2) is 0 Å². The van der Waals surface area contributed by atoms with Crippen LogP contribution in [0.25, 0.3) is 0 Å². The summed E-state index contributed by atoms with van der Waals surface area (Å²) in [4.78, 5) is 1.41.